The molecule has 4 N–H and O–H groups in total. The molecule has 2 aliphatic heterocycles. The SMILES string of the molecule is CC(C)(CCO)CC1CN(C(=O)Nc2ccc(C(=O)O)cc2)C(c2cccc(Cl)c2F)[C@]12C(=O)Nc1cc(Cl)ccc12. The van der Waals surface area contributed by atoms with E-state index in [1.54, 1.807) is 24.3 Å². The first-order valence-electron chi connectivity index (χ1n) is 13.5. The molecule has 1 spiro atoms. The summed E-state index contributed by atoms with van der Waals surface area (Å²) in [7, 11) is 0. The Balaban J connectivity index is 1.69. The van der Waals surface area contributed by atoms with Gasteiger partial charge >= 0.3 is 12.0 Å². The van der Waals surface area contributed by atoms with Gasteiger partial charge in [0.25, 0.3) is 0 Å². The van der Waals surface area contributed by atoms with Crippen molar-refractivity contribution < 1.29 is 29.0 Å². The summed E-state index contributed by atoms with van der Waals surface area (Å²) < 4.78 is 15.9. The summed E-state index contributed by atoms with van der Waals surface area (Å²) in [6.07, 6.45) is 0.881. The van der Waals surface area contributed by atoms with Crippen LogP contribution in [0.4, 0.5) is 20.6 Å². The van der Waals surface area contributed by atoms with Crippen LogP contribution in [-0.4, -0.2) is 46.2 Å². The highest BCUT2D eigenvalue weighted by Gasteiger charge is 2.65. The number of likely N-dealkylation sites (tertiary alicyclic amines) is 1. The van der Waals surface area contributed by atoms with Crippen molar-refractivity contribution in [3.63, 3.8) is 0 Å². The molecule has 8 nitrogen and oxygen atoms in total. The van der Waals surface area contributed by atoms with Gasteiger partial charge < -0.3 is 25.7 Å². The molecule has 1 fully saturated rings. The van der Waals surface area contributed by atoms with Crippen molar-refractivity contribution in [2.24, 2.45) is 11.3 Å². The van der Waals surface area contributed by atoms with Gasteiger partial charge in [-0.15, -0.1) is 0 Å². The standard InChI is InChI=1S/C31H30Cl2FN3O5/c1-30(2,12-13-38)15-18-16-37(29(42)35-20-9-6-17(7-10-20)27(39)40)26(21-4-3-5-23(33)25(21)34)31(18)22-11-8-19(32)14-24(22)36-28(31)41/h3-11,14,18,26,38H,12-13,15-16H2,1-2H3,(H,35,42)(H,36,41)(H,39,40)/t18?,26?,31-/m0/s1. The van der Waals surface area contributed by atoms with Gasteiger partial charge in [-0.05, 0) is 72.2 Å². The molecular formula is C31H30Cl2FN3O5. The van der Waals surface area contributed by atoms with Crippen LogP contribution in [0.1, 0.15) is 54.2 Å². The summed E-state index contributed by atoms with van der Waals surface area (Å²) in [5, 5.41) is 25.0. The van der Waals surface area contributed by atoms with Gasteiger partial charge in [-0.1, -0.05) is 55.2 Å². The molecule has 2 aliphatic rings. The minimum Gasteiger partial charge on any atom is -0.478 e. The minimum atomic E-state index is -1.41. The summed E-state index contributed by atoms with van der Waals surface area (Å²) in [5.74, 6) is -2.73. The predicted molar refractivity (Wildman–Crippen MR) is 159 cm³/mol. The maximum atomic E-state index is 15.9. The highest BCUT2D eigenvalue weighted by Crippen LogP contribution is 2.60. The third kappa shape index (κ3) is 5.10. The number of carboxylic acid groups (broad SMARTS) is 1. The average Bonchev–Trinajstić information content (AvgIpc) is 3.40. The zero-order valence-corrected chi connectivity index (χ0v) is 24.5. The molecule has 3 amide bonds. The van der Waals surface area contributed by atoms with Gasteiger partial charge in [-0.25, -0.2) is 14.0 Å². The van der Waals surface area contributed by atoms with E-state index in [2.05, 4.69) is 10.6 Å². The molecule has 3 aromatic rings. The Morgan fingerprint density at radius 2 is 1.86 bits per heavy atom. The number of aliphatic hydroxyl groups is 1. The molecule has 0 aliphatic carbocycles. The normalized spacial score (nSPS) is 21.4. The van der Waals surface area contributed by atoms with Gasteiger partial charge in [0.15, 0.2) is 0 Å². The molecule has 0 aromatic heterocycles. The third-order valence-electron chi connectivity index (χ3n) is 8.36. The number of carboxylic acids is 1. The van der Waals surface area contributed by atoms with E-state index in [4.69, 9.17) is 23.2 Å². The Morgan fingerprint density at radius 1 is 1.14 bits per heavy atom. The fraction of sp³-hybridized carbons (Fsp3) is 0.323. The number of nitrogens with zero attached hydrogens (tertiary/aromatic N) is 1. The summed E-state index contributed by atoms with van der Waals surface area (Å²) in [6.45, 7) is 3.98. The van der Waals surface area contributed by atoms with E-state index in [1.165, 1.54) is 41.3 Å². The number of halogens is 3. The van der Waals surface area contributed by atoms with Crippen LogP contribution in [0, 0.1) is 17.2 Å². The number of amides is 3. The number of anilines is 2. The third-order valence-corrected chi connectivity index (χ3v) is 8.89. The number of hydrogen-bond acceptors (Lipinski definition) is 4. The number of carbonyl (C=O) groups excluding carboxylic acids is 2. The maximum Gasteiger partial charge on any atom is 0.335 e. The van der Waals surface area contributed by atoms with E-state index in [0.717, 1.165) is 0 Å². The molecule has 0 saturated carbocycles. The molecule has 11 heteroatoms. The second-order valence-corrected chi connectivity index (χ2v) is 12.4. The molecule has 0 bridgehead atoms. The first-order chi connectivity index (χ1) is 19.9. The highest BCUT2D eigenvalue weighted by atomic mass is 35.5. The monoisotopic (exact) mass is 613 g/mol. The van der Waals surface area contributed by atoms with Crippen molar-refractivity contribution in [1.29, 1.82) is 0 Å². The number of nitrogens with one attached hydrogen (secondary N) is 2. The second-order valence-electron chi connectivity index (χ2n) is 11.6. The van der Waals surface area contributed by atoms with E-state index >= 15 is 4.39 Å². The Bertz CT molecular complexity index is 1560. The molecule has 3 atom stereocenters. The van der Waals surface area contributed by atoms with Crippen molar-refractivity contribution in [3.8, 4) is 0 Å². The quantitative estimate of drug-likeness (QED) is 0.236. The average molecular weight is 615 g/mol. The van der Waals surface area contributed by atoms with Gasteiger partial charge in [-0.2, -0.15) is 0 Å². The molecule has 220 valence electrons. The number of fused-ring (bicyclic) bond motifs is 2. The number of hydrogen-bond donors (Lipinski definition) is 4. The maximum absolute atomic E-state index is 15.9. The first-order valence-corrected chi connectivity index (χ1v) is 14.2. The Labute approximate surface area is 252 Å². The highest BCUT2D eigenvalue weighted by molar-refractivity contribution is 6.31. The van der Waals surface area contributed by atoms with Gasteiger partial charge in [0.1, 0.15) is 11.2 Å². The second kappa shape index (κ2) is 11.2. The van der Waals surface area contributed by atoms with Crippen LogP contribution < -0.4 is 10.6 Å². The topological polar surface area (TPSA) is 119 Å². The number of rotatable bonds is 7. The molecule has 0 radical (unpaired) electrons. The fourth-order valence-corrected chi connectivity index (χ4v) is 6.85. The van der Waals surface area contributed by atoms with Crippen LogP contribution in [0.15, 0.2) is 60.7 Å². The lowest BCUT2D eigenvalue weighted by atomic mass is 9.63. The van der Waals surface area contributed by atoms with E-state index in [0.29, 0.717) is 34.8 Å². The zero-order chi connectivity index (χ0) is 30.4. The first kappa shape index (κ1) is 29.8. The van der Waals surface area contributed by atoms with E-state index in [9.17, 15) is 24.6 Å². The summed E-state index contributed by atoms with van der Waals surface area (Å²) in [5.41, 5.74) is -0.309. The fourth-order valence-electron chi connectivity index (χ4n) is 6.50. The van der Waals surface area contributed by atoms with Gasteiger partial charge in [0.05, 0.1) is 16.6 Å². The minimum absolute atomic E-state index is 0.0519. The van der Waals surface area contributed by atoms with Crippen LogP contribution >= 0.6 is 23.2 Å². The van der Waals surface area contributed by atoms with Crippen molar-refractivity contribution in [2.75, 3.05) is 23.8 Å². The smallest absolute Gasteiger partial charge is 0.335 e. The number of urea groups is 1. The number of aromatic carboxylic acids is 1. The summed E-state index contributed by atoms with van der Waals surface area (Å²) >= 11 is 12.5. The molecule has 42 heavy (non-hydrogen) atoms. The Morgan fingerprint density at radius 3 is 2.52 bits per heavy atom. The van der Waals surface area contributed by atoms with Gasteiger partial charge in [0.2, 0.25) is 5.91 Å². The number of aliphatic hydroxyl groups excluding tert-OH is 1. The molecule has 5 rings (SSSR count). The van der Waals surface area contributed by atoms with Crippen LogP contribution in [-0.2, 0) is 10.2 Å². The van der Waals surface area contributed by atoms with Crippen molar-refractivity contribution in [3.05, 3.63) is 93.2 Å². The zero-order valence-electron chi connectivity index (χ0n) is 23.0. The molecule has 3 aromatic carbocycles. The lowest BCUT2D eigenvalue weighted by molar-refractivity contribution is -0.123. The van der Waals surface area contributed by atoms with Crippen LogP contribution in [0.2, 0.25) is 10.0 Å². The number of benzene rings is 3. The lowest BCUT2D eigenvalue weighted by Crippen LogP contribution is -2.47. The van der Waals surface area contributed by atoms with Gasteiger partial charge in [-0.3, -0.25) is 4.79 Å². The van der Waals surface area contributed by atoms with Crippen LogP contribution in [0.5, 0.6) is 0 Å². The Hall–Kier alpha value is -3.66. The summed E-state index contributed by atoms with van der Waals surface area (Å²) in [6, 6.07) is 13.5. The van der Waals surface area contributed by atoms with Crippen LogP contribution in [0.3, 0.4) is 0 Å². The number of carbonyl (C=O) groups is 3. The lowest BCUT2D eigenvalue weighted by Gasteiger charge is -2.39. The van der Waals surface area contributed by atoms with E-state index in [1.807, 2.05) is 13.8 Å². The largest absolute Gasteiger partial charge is 0.478 e. The van der Waals surface area contributed by atoms with Crippen molar-refractivity contribution in [1.82, 2.24) is 4.90 Å². The predicted octanol–water partition coefficient (Wildman–Crippen LogP) is 6.72. The van der Waals surface area contributed by atoms with E-state index < -0.39 is 46.5 Å². The van der Waals surface area contributed by atoms with E-state index in [-0.39, 0.29) is 29.3 Å². The molecule has 1 saturated heterocycles. The van der Waals surface area contributed by atoms with Gasteiger partial charge in [0, 0.05) is 35.1 Å². The van der Waals surface area contributed by atoms with Crippen molar-refractivity contribution in [2.45, 2.75) is 38.1 Å². The summed E-state index contributed by atoms with van der Waals surface area (Å²) in [4.78, 5) is 41.0. The van der Waals surface area contributed by atoms with Crippen molar-refractivity contribution >= 4 is 52.5 Å². The molecule has 2 unspecified atom stereocenters. The van der Waals surface area contributed by atoms with Crippen LogP contribution in [0.25, 0.3) is 0 Å². The Kier molecular flexibility index (Phi) is 7.96. The molecular weight excluding hydrogens is 584 g/mol. The molecule has 2 heterocycles.